The first-order chi connectivity index (χ1) is 12.2. The van der Waals surface area contributed by atoms with Gasteiger partial charge in [0.25, 0.3) is 0 Å². The fourth-order valence-electron chi connectivity index (χ4n) is 3.34. The van der Waals surface area contributed by atoms with Gasteiger partial charge in [0.2, 0.25) is 0 Å². The number of hydrogen-bond acceptors (Lipinski definition) is 4. The van der Waals surface area contributed by atoms with Gasteiger partial charge in [-0.25, -0.2) is 0 Å². The smallest absolute Gasteiger partial charge is 0.196 e. The van der Waals surface area contributed by atoms with Gasteiger partial charge in [-0.15, -0.1) is 12.6 Å². The molecular weight excluding hydrogens is 328 g/mol. The summed E-state index contributed by atoms with van der Waals surface area (Å²) in [6.07, 6.45) is 0. The molecule has 0 aromatic heterocycles. The average Bonchev–Trinajstić information content (AvgIpc) is 2.92. The Kier molecular flexibility index (Phi) is 3.42. The third-order valence-electron chi connectivity index (χ3n) is 4.43. The minimum atomic E-state index is -0.262. The van der Waals surface area contributed by atoms with Gasteiger partial charge in [0.05, 0.1) is 5.22 Å². The number of nitrogens with zero attached hydrogens (tertiary/aromatic N) is 2. The van der Waals surface area contributed by atoms with E-state index in [1.807, 2.05) is 54.6 Å². The maximum atomic E-state index is 12.8. The first kappa shape index (κ1) is 15.2. The van der Waals surface area contributed by atoms with Crippen LogP contribution in [0.5, 0.6) is 0 Å². The monoisotopic (exact) mass is 338 g/mol. The number of thiol groups is 1. The van der Waals surface area contributed by atoms with Gasteiger partial charge in [-0.3, -0.25) is 4.79 Å². The Hall–Kier alpha value is -3.34. The number of nitriles is 2. The number of hydrogen-bond donors (Lipinski definition) is 1. The van der Waals surface area contributed by atoms with E-state index in [1.165, 1.54) is 0 Å². The highest BCUT2D eigenvalue weighted by Crippen LogP contribution is 2.33. The average molecular weight is 338 g/mol. The first-order valence-electron chi connectivity index (χ1n) is 7.60. The maximum absolute atomic E-state index is 12.8. The van der Waals surface area contributed by atoms with Crippen molar-refractivity contribution in [3.8, 4) is 23.3 Å². The van der Waals surface area contributed by atoms with Crippen LogP contribution < -0.4 is 10.6 Å². The molecule has 3 nitrogen and oxygen atoms in total. The molecule has 0 unspecified atom stereocenters. The highest BCUT2D eigenvalue weighted by molar-refractivity contribution is 7.80. The number of benzene rings is 3. The molecule has 0 radical (unpaired) electrons. The van der Waals surface area contributed by atoms with Crippen molar-refractivity contribution < 1.29 is 0 Å². The molecule has 0 heterocycles. The van der Waals surface area contributed by atoms with Crippen LogP contribution in [0.2, 0.25) is 0 Å². The predicted molar refractivity (Wildman–Crippen MR) is 101 cm³/mol. The van der Waals surface area contributed by atoms with E-state index in [0.29, 0.717) is 10.8 Å². The van der Waals surface area contributed by atoms with Crippen LogP contribution in [0, 0.1) is 22.7 Å². The molecule has 0 aliphatic heterocycles. The lowest BCUT2D eigenvalue weighted by Gasteiger charge is -2.08. The molecule has 0 N–H and O–H groups in total. The molecule has 0 saturated carbocycles. The minimum absolute atomic E-state index is 0.144. The summed E-state index contributed by atoms with van der Waals surface area (Å²) in [5, 5.41) is 21.5. The molecule has 4 aromatic rings. The van der Waals surface area contributed by atoms with E-state index in [2.05, 4.69) is 12.6 Å². The van der Waals surface area contributed by atoms with Crippen LogP contribution in [0.25, 0.3) is 38.2 Å². The van der Waals surface area contributed by atoms with E-state index < -0.39 is 0 Å². The fraction of sp³-hybridized carbons (Fsp3) is 0. The molecular formula is C21H10N2OS. The molecule has 0 bridgehead atoms. The van der Waals surface area contributed by atoms with Gasteiger partial charge in [0, 0.05) is 15.7 Å². The lowest BCUT2D eigenvalue weighted by atomic mass is 9.96. The van der Waals surface area contributed by atoms with Gasteiger partial charge in [0.15, 0.2) is 5.43 Å². The highest BCUT2D eigenvalue weighted by Gasteiger charge is 2.16. The lowest BCUT2D eigenvalue weighted by Crippen LogP contribution is -2.21. The Balaban J connectivity index is 2.22. The molecule has 0 saturated heterocycles. The van der Waals surface area contributed by atoms with E-state index in [9.17, 15) is 15.3 Å². The lowest BCUT2D eigenvalue weighted by molar-refractivity contribution is 1.48. The van der Waals surface area contributed by atoms with Gasteiger partial charge in [-0.2, -0.15) is 10.5 Å². The third kappa shape index (κ3) is 2.16. The SMILES string of the molecule is N#CC(C#N)=c1c(=O)c2ccc(-c3ccc(S)cc3)c3cccc1c32. The van der Waals surface area contributed by atoms with E-state index >= 15 is 0 Å². The van der Waals surface area contributed by atoms with Crippen LogP contribution in [-0.4, -0.2) is 0 Å². The van der Waals surface area contributed by atoms with Crippen molar-refractivity contribution >= 4 is 39.7 Å². The van der Waals surface area contributed by atoms with E-state index in [0.717, 1.165) is 26.8 Å². The van der Waals surface area contributed by atoms with Crippen LogP contribution in [0.4, 0.5) is 0 Å². The van der Waals surface area contributed by atoms with Crippen LogP contribution in [0.3, 0.4) is 0 Å². The first-order valence-corrected chi connectivity index (χ1v) is 8.05. The zero-order valence-corrected chi connectivity index (χ0v) is 13.8. The summed E-state index contributed by atoms with van der Waals surface area (Å²) in [7, 11) is 0. The molecule has 116 valence electrons. The van der Waals surface area contributed by atoms with Crippen LogP contribution in [-0.2, 0) is 0 Å². The molecule has 0 atom stereocenters. The molecule has 0 aliphatic rings. The minimum Gasteiger partial charge on any atom is -0.288 e. The molecule has 0 spiro atoms. The molecule has 4 rings (SSSR count). The summed E-state index contributed by atoms with van der Waals surface area (Å²) in [6, 6.07) is 20.8. The van der Waals surface area contributed by atoms with Crippen molar-refractivity contribution in [3.63, 3.8) is 0 Å². The highest BCUT2D eigenvalue weighted by atomic mass is 32.1. The topological polar surface area (TPSA) is 64.7 Å². The fourth-order valence-corrected chi connectivity index (χ4v) is 3.49. The summed E-state index contributed by atoms with van der Waals surface area (Å²) < 4.78 is 0. The van der Waals surface area contributed by atoms with Gasteiger partial charge in [0.1, 0.15) is 17.7 Å². The van der Waals surface area contributed by atoms with E-state index in [1.54, 1.807) is 12.1 Å². The van der Waals surface area contributed by atoms with Crippen molar-refractivity contribution in [1.82, 2.24) is 0 Å². The van der Waals surface area contributed by atoms with Crippen molar-refractivity contribution in [3.05, 3.63) is 70.0 Å². The van der Waals surface area contributed by atoms with Crippen molar-refractivity contribution in [2.75, 3.05) is 0 Å². The second-order valence-corrected chi connectivity index (χ2v) is 6.25. The normalized spacial score (nSPS) is 10.7. The Bertz CT molecular complexity index is 1310. The van der Waals surface area contributed by atoms with Crippen molar-refractivity contribution in [2.45, 2.75) is 4.90 Å². The van der Waals surface area contributed by atoms with E-state index in [4.69, 9.17) is 0 Å². The summed E-state index contributed by atoms with van der Waals surface area (Å²) >= 11 is 4.32. The second kappa shape index (κ2) is 5.63. The van der Waals surface area contributed by atoms with Gasteiger partial charge >= 0.3 is 0 Å². The predicted octanol–water partition coefficient (Wildman–Crippen LogP) is 3.66. The van der Waals surface area contributed by atoms with Crippen molar-refractivity contribution in [1.29, 1.82) is 10.5 Å². The molecule has 0 aliphatic carbocycles. The Morgan fingerprint density at radius 3 is 2.20 bits per heavy atom. The largest absolute Gasteiger partial charge is 0.288 e. The second-order valence-electron chi connectivity index (χ2n) is 5.74. The standard InChI is InChI=1S/C21H10N2OS/c22-10-13(11-23)19-17-3-1-2-16-15(12-4-6-14(25)7-5-12)8-9-18(20(16)17)21(19)24/h1-9,25H. The molecule has 4 aromatic carbocycles. The van der Waals surface area contributed by atoms with Crippen LogP contribution in [0.1, 0.15) is 0 Å². The van der Waals surface area contributed by atoms with Gasteiger partial charge < -0.3 is 0 Å². The number of rotatable bonds is 1. The Morgan fingerprint density at radius 1 is 0.840 bits per heavy atom. The molecule has 4 heteroatoms. The zero-order valence-electron chi connectivity index (χ0n) is 12.9. The zero-order chi connectivity index (χ0) is 17.6. The third-order valence-corrected chi connectivity index (χ3v) is 4.73. The molecule has 0 amide bonds. The van der Waals surface area contributed by atoms with Gasteiger partial charge in [-0.05, 0) is 40.1 Å². The summed E-state index contributed by atoms with van der Waals surface area (Å²) in [6.45, 7) is 0. The summed E-state index contributed by atoms with van der Waals surface area (Å²) in [5.74, 6) is 0. The summed E-state index contributed by atoms with van der Waals surface area (Å²) in [4.78, 5) is 13.6. The van der Waals surface area contributed by atoms with E-state index in [-0.39, 0.29) is 16.2 Å². The molecule has 25 heavy (non-hydrogen) atoms. The van der Waals surface area contributed by atoms with Gasteiger partial charge in [-0.1, -0.05) is 36.4 Å². The quantitative estimate of drug-likeness (QED) is 0.539. The Labute approximate surface area is 148 Å². The van der Waals surface area contributed by atoms with Crippen LogP contribution >= 0.6 is 12.6 Å². The maximum Gasteiger partial charge on any atom is 0.196 e. The molecule has 0 fully saturated rings. The van der Waals surface area contributed by atoms with Crippen LogP contribution in [0.15, 0.2) is 64.3 Å². The Morgan fingerprint density at radius 2 is 1.52 bits per heavy atom. The summed E-state index contributed by atoms with van der Waals surface area (Å²) in [5.41, 5.74) is 1.61. The van der Waals surface area contributed by atoms with Crippen molar-refractivity contribution in [2.24, 2.45) is 0 Å².